The maximum Gasteiger partial charge on any atom is 0.378 e. The van der Waals surface area contributed by atoms with E-state index < -0.39 is 11.4 Å². The molecule has 4 rings (SSSR count). The molecule has 0 amide bonds. The first-order valence-corrected chi connectivity index (χ1v) is 5.42. The molecule has 0 fully saturated rings. The standard InChI is InChI=1S/2C3H3N7O/c2*4-1-5-6-2-7-8-3(11)9-10(1)2/h2*(H2,4,5)(H,9,11). The Labute approximate surface area is 117 Å². The molecule has 0 aromatic carbocycles. The molecule has 0 bridgehead atoms. The quantitative estimate of drug-likeness (QED) is 0.241. The number of aromatic amines is 2. The van der Waals surface area contributed by atoms with E-state index in [-0.39, 0.29) is 23.5 Å². The van der Waals surface area contributed by atoms with E-state index in [4.69, 9.17) is 11.5 Å². The molecule has 16 nitrogen and oxygen atoms in total. The van der Waals surface area contributed by atoms with Crippen LogP contribution in [0.15, 0.2) is 9.59 Å². The van der Waals surface area contributed by atoms with Gasteiger partial charge in [-0.05, 0) is 0 Å². The molecular weight excluding hydrogens is 300 g/mol. The van der Waals surface area contributed by atoms with Gasteiger partial charge in [-0.3, -0.25) is 0 Å². The number of anilines is 2. The van der Waals surface area contributed by atoms with Gasteiger partial charge in [0.1, 0.15) is 0 Å². The highest BCUT2D eigenvalue weighted by atomic mass is 16.2. The van der Waals surface area contributed by atoms with E-state index in [0.29, 0.717) is 0 Å². The van der Waals surface area contributed by atoms with Gasteiger partial charge in [0.05, 0.1) is 0 Å². The molecule has 4 aromatic heterocycles. The smallest absolute Gasteiger partial charge is 0.366 e. The van der Waals surface area contributed by atoms with Gasteiger partial charge in [-0.25, -0.2) is 19.8 Å². The van der Waals surface area contributed by atoms with E-state index in [1.807, 2.05) is 0 Å². The van der Waals surface area contributed by atoms with Gasteiger partial charge in [0, 0.05) is 0 Å². The van der Waals surface area contributed by atoms with Crippen LogP contribution in [0.3, 0.4) is 0 Å². The second kappa shape index (κ2) is 4.85. The van der Waals surface area contributed by atoms with E-state index in [1.54, 1.807) is 0 Å². The molecule has 0 radical (unpaired) electrons. The summed E-state index contributed by atoms with van der Waals surface area (Å²) in [6.07, 6.45) is 0. The molecule has 0 saturated heterocycles. The average Bonchev–Trinajstić information content (AvgIpc) is 3.04. The van der Waals surface area contributed by atoms with Gasteiger partial charge in [-0.2, -0.15) is 9.03 Å². The fraction of sp³-hybridized carbons (Fsp3) is 0. The Bertz CT molecular complexity index is 966. The van der Waals surface area contributed by atoms with E-state index in [9.17, 15) is 9.59 Å². The van der Waals surface area contributed by atoms with Gasteiger partial charge >= 0.3 is 11.4 Å². The van der Waals surface area contributed by atoms with E-state index in [2.05, 4.69) is 51.0 Å². The van der Waals surface area contributed by atoms with Crippen molar-refractivity contribution in [2.75, 3.05) is 11.5 Å². The van der Waals surface area contributed by atoms with Crippen molar-refractivity contribution in [3.8, 4) is 0 Å². The van der Waals surface area contributed by atoms with Gasteiger partial charge in [0.25, 0.3) is 11.6 Å². The molecule has 4 aromatic rings. The highest BCUT2D eigenvalue weighted by Gasteiger charge is 2.02. The van der Waals surface area contributed by atoms with Gasteiger partial charge < -0.3 is 11.5 Å². The topological polar surface area (TPSA) is 230 Å². The summed E-state index contributed by atoms with van der Waals surface area (Å²) in [6.45, 7) is 0. The van der Waals surface area contributed by atoms with Crippen molar-refractivity contribution < 1.29 is 0 Å². The maximum atomic E-state index is 10.6. The van der Waals surface area contributed by atoms with Crippen molar-refractivity contribution in [1.82, 2.24) is 60.0 Å². The molecule has 0 spiro atoms. The Morgan fingerprint density at radius 2 is 1.00 bits per heavy atom. The first kappa shape index (κ1) is 13.0. The predicted molar refractivity (Wildman–Crippen MR) is 67.2 cm³/mol. The summed E-state index contributed by atoms with van der Waals surface area (Å²) in [4.78, 5) is 21.1. The first-order chi connectivity index (χ1) is 10.5. The van der Waals surface area contributed by atoms with Gasteiger partial charge in [0.2, 0.25) is 11.9 Å². The Kier molecular flexibility index (Phi) is 2.87. The molecular formula is C6H6N14O2. The number of H-pyrrole nitrogens is 2. The van der Waals surface area contributed by atoms with Crippen molar-refractivity contribution in [2.45, 2.75) is 0 Å². The highest BCUT2D eigenvalue weighted by molar-refractivity contribution is 5.31. The van der Waals surface area contributed by atoms with Crippen LogP contribution in [-0.4, -0.2) is 60.0 Å². The average molecular weight is 306 g/mol. The number of nitrogens with one attached hydrogen (secondary N) is 2. The van der Waals surface area contributed by atoms with E-state index >= 15 is 0 Å². The lowest BCUT2D eigenvalue weighted by Crippen LogP contribution is -2.17. The number of hydrogen-bond acceptors (Lipinski definition) is 12. The predicted octanol–water partition coefficient (Wildman–Crippen LogP) is -4.42. The van der Waals surface area contributed by atoms with Crippen LogP contribution in [0.5, 0.6) is 0 Å². The highest BCUT2D eigenvalue weighted by Crippen LogP contribution is 1.93. The number of hydrogen-bond donors (Lipinski definition) is 4. The number of rotatable bonds is 0. The number of fused-ring (bicyclic) bond motifs is 2. The SMILES string of the molecule is Nc1nnc2nnc(=O)[nH]n12.Nc1nnc2nnc(=O)[nH]n12. The Balaban J connectivity index is 0.000000131. The largest absolute Gasteiger partial charge is 0.378 e. The van der Waals surface area contributed by atoms with Crippen LogP contribution in [0.2, 0.25) is 0 Å². The minimum Gasteiger partial charge on any atom is -0.366 e. The molecule has 0 unspecified atom stereocenters. The van der Waals surface area contributed by atoms with Crippen LogP contribution >= 0.6 is 0 Å². The molecule has 0 atom stereocenters. The van der Waals surface area contributed by atoms with Crippen LogP contribution < -0.4 is 22.8 Å². The summed E-state index contributed by atoms with van der Waals surface area (Å²) in [7, 11) is 0. The van der Waals surface area contributed by atoms with Crippen molar-refractivity contribution in [3.05, 3.63) is 21.0 Å². The lowest BCUT2D eigenvalue weighted by atomic mass is 11.0. The third-order valence-corrected chi connectivity index (χ3v) is 2.22. The van der Waals surface area contributed by atoms with Gasteiger partial charge in [0.15, 0.2) is 0 Å². The van der Waals surface area contributed by atoms with Crippen LogP contribution in [0.1, 0.15) is 0 Å². The number of aromatic nitrogens is 12. The number of nitrogens with zero attached hydrogens (tertiary/aromatic N) is 10. The zero-order valence-electron chi connectivity index (χ0n) is 10.4. The molecule has 16 heteroatoms. The minimum atomic E-state index is -0.594. The summed E-state index contributed by atoms with van der Waals surface area (Å²) in [5.74, 6) is 0.489. The zero-order valence-corrected chi connectivity index (χ0v) is 10.4. The number of nitrogen functional groups attached to an aromatic ring is 2. The first-order valence-electron chi connectivity index (χ1n) is 5.42. The lowest BCUT2D eigenvalue weighted by molar-refractivity contribution is 0.789. The third kappa shape index (κ3) is 2.26. The van der Waals surface area contributed by atoms with E-state index in [1.165, 1.54) is 0 Å². The summed E-state index contributed by atoms with van der Waals surface area (Å²) in [5.41, 5.74) is 9.41. The normalized spacial score (nSPS) is 10.5. The van der Waals surface area contributed by atoms with Crippen molar-refractivity contribution in [1.29, 1.82) is 0 Å². The van der Waals surface area contributed by atoms with Gasteiger partial charge in [-0.1, -0.05) is 10.2 Å². The molecule has 112 valence electrons. The number of nitrogens with two attached hydrogens (primary N) is 2. The van der Waals surface area contributed by atoms with Crippen LogP contribution in [0, 0.1) is 0 Å². The minimum absolute atomic E-state index is 0.0759. The molecule has 6 N–H and O–H groups in total. The maximum absolute atomic E-state index is 10.6. The van der Waals surface area contributed by atoms with Crippen LogP contribution in [0.25, 0.3) is 11.6 Å². The van der Waals surface area contributed by atoms with Crippen molar-refractivity contribution in [3.63, 3.8) is 0 Å². The van der Waals surface area contributed by atoms with Crippen molar-refractivity contribution >= 4 is 23.5 Å². The van der Waals surface area contributed by atoms with Gasteiger partial charge in [-0.15, -0.1) is 30.6 Å². The monoisotopic (exact) mass is 306 g/mol. The summed E-state index contributed by atoms with van der Waals surface area (Å²) in [5, 5.41) is 31.7. The summed E-state index contributed by atoms with van der Waals surface area (Å²) >= 11 is 0. The second-order valence-corrected chi connectivity index (χ2v) is 3.62. The second-order valence-electron chi connectivity index (χ2n) is 3.62. The third-order valence-electron chi connectivity index (χ3n) is 2.22. The molecule has 0 aliphatic heterocycles. The fourth-order valence-corrected chi connectivity index (χ4v) is 1.34. The summed E-state index contributed by atoms with van der Waals surface area (Å²) < 4.78 is 2.30. The molecule has 22 heavy (non-hydrogen) atoms. The van der Waals surface area contributed by atoms with Crippen LogP contribution in [0.4, 0.5) is 11.9 Å². The molecule has 0 saturated carbocycles. The summed E-state index contributed by atoms with van der Waals surface area (Å²) in [6, 6.07) is 0. The fourth-order valence-electron chi connectivity index (χ4n) is 1.34. The lowest BCUT2D eigenvalue weighted by Gasteiger charge is -1.88. The Hall–Kier alpha value is -3.98. The Morgan fingerprint density at radius 3 is 1.41 bits per heavy atom. The van der Waals surface area contributed by atoms with Crippen LogP contribution in [-0.2, 0) is 0 Å². The molecule has 0 aliphatic rings. The zero-order chi connectivity index (χ0) is 15.7. The van der Waals surface area contributed by atoms with Crippen molar-refractivity contribution in [2.24, 2.45) is 0 Å². The van der Waals surface area contributed by atoms with E-state index in [0.717, 1.165) is 9.03 Å². The molecule has 4 heterocycles. The molecule has 0 aliphatic carbocycles. The Morgan fingerprint density at radius 1 is 0.636 bits per heavy atom.